The van der Waals surface area contributed by atoms with E-state index in [9.17, 15) is 13.2 Å². The minimum absolute atomic E-state index is 0.240. The molecular formula is C8H10F3N3S. The van der Waals surface area contributed by atoms with Gasteiger partial charge < -0.3 is 5.32 Å². The number of rotatable bonds is 3. The van der Waals surface area contributed by atoms with Crippen molar-refractivity contribution in [1.82, 2.24) is 10.2 Å². The Bertz CT molecular complexity index is 356. The predicted octanol–water partition coefficient (Wildman–Crippen LogP) is 2.77. The summed E-state index contributed by atoms with van der Waals surface area (Å²) in [7, 11) is 0. The molecule has 1 N–H and O–H groups in total. The summed E-state index contributed by atoms with van der Waals surface area (Å²) in [6.45, 7) is 2.76. The van der Waals surface area contributed by atoms with Gasteiger partial charge in [0.1, 0.15) is 0 Å². The molecule has 0 atom stereocenters. The first kappa shape index (κ1) is 10.7. The van der Waals surface area contributed by atoms with Crippen molar-refractivity contribution in [2.75, 3.05) is 11.9 Å². The molecule has 3 nitrogen and oxygen atoms in total. The lowest BCUT2D eigenvalue weighted by molar-refractivity contribution is -0.138. The molecule has 1 aromatic heterocycles. The van der Waals surface area contributed by atoms with Crippen molar-refractivity contribution in [2.45, 2.75) is 25.9 Å². The molecule has 0 aliphatic heterocycles. The van der Waals surface area contributed by atoms with Crippen molar-refractivity contribution in [3.63, 3.8) is 0 Å². The van der Waals surface area contributed by atoms with Crippen molar-refractivity contribution in [2.24, 2.45) is 5.41 Å². The topological polar surface area (TPSA) is 37.8 Å². The number of hydrogen-bond donors (Lipinski definition) is 1. The Labute approximate surface area is 88.7 Å². The summed E-state index contributed by atoms with van der Waals surface area (Å²) in [5, 5.41) is 8.77. The predicted molar refractivity (Wildman–Crippen MR) is 50.7 cm³/mol. The number of halogens is 3. The highest BCUT2D eigenvalue weighted by atomic mass is 32.1. The number of aromatic nitrogens is 2. The van der Waals surface area contributed by atoms with Crippen LogP contribution in [-0.2, 0) is 6.18 Å². The van der Waals surface area contributed by atoms with Crippen LogP contribution in [0.4, 0.5) is 18.3 Å². The van der Waals surface area contributed by atoms with Crippen LogP contribution >= 0.6 is 11.3 Å². The number of nitrogens with one attached hydrogen (secondary N) is 1. The third-order valence-corrected chi connectivity index (χ3v) is 3.36. The van der Waals surface area contributed by atoms with Crippen molar-refractivity contribution < 1.29 is 13.2 Å². The van der Waals surface area contributed by atoms with E-state index < -0.39 is 11.2 Å². The van der Waals surface area contributed by atoms with Gasteiger partial charge >= 0.3 is 6.18 Å². The van der Waals surface area contributed by atoms with E-state index in [0.717, 1.165) is 12.8 Å². The molecule has 0 spiro atoms. The highest BCUT2D eigenvalue weighted by Gasteiger charge is 2.38. The van der Waals surface area contributed by atoms with Crippen molar-refractivity contribution in [3.05, 3.63) is 5.01 Å². The summed E-state index contributed by atoms with van der Waals surface area (Å²) in [6.07, 6.45) is -2.16. The van der Waals surface area contributed by atoms with Crippen LogP contribution in [0.15, 0.2) is 0 Å². The zero-order chi connectivity index (χ0) is 11.1. The van der Waals surface area contributed by atoms with Crippen LogP contribution in [0.2, 0.25) is 0 Å². The Hall–Kier alpha value is -0.850. The largest absolute Gasteiger partial charge is 0.445 e. The highest BCUT2D eigenvalue weighted by molar-refractivity contribution is 7.15. The fourth-order valence-electron chi connectivity index (χ4n) is 1.09. The van der Waals surface area contributed by atoms with E-state index in [1.54, 1.807) is 0 Å². The lowest BCUT2D eigenvalue weighted by Crippen LogP contribution is -2.11. The van der Waals surface area contributed by atoms with Crippen molar-refractivity contribution in [1.29, 1.82) is 0 Å². The summed E-state index contributed by atoms with van der Waals surface area (Å²) in [4.78, 5) is 0. The molecule has 2 rings (SSSR count). The molecule has 0 radical (unpaired) electrons. The van der Waals surface area contributed by atoms with Crippen LogP contribution in [0.5, 0.6) is 0 Å². The zero-order valence-electron chi connectivity index (χ0n) is 8.06. The second-order valence-corrected chi connectivity index (χ2v) is 5.05. The average molecular weight is 237 g/mol. The van der Waals surface area contributed by atoms with E-state index in [-0.39, 0.29) is 10.5 Å². The van der Waals surface area contributed by atoms with E-state index in [4.69, 9.17) is 0 Å². The van der Waals surface area contributed by atoms with Crippen molar-refractivity contribution in [3.8, 4) is 0 Å². The van der Waals surface area contributed by atoms with Gasteiger partial charge in [-0.2, -0.15) is 13.2 Å². The van der Waals surface area contributed by atoms with Gasteiger partial charge in [-0.25, -0.2) is 0 Å². The molecule has 0 aromatic carbocycles. The van der Waals surface area contributed by atoms with E-state index in [1.165, 1.54) is 0 Å². The summed E-state index contributed by atoms with van der Waals surface area (Å²) in [5.74, 6) is 0. The lowest BCUT2D eigenvalue weighted by atomic mass is 10.1. The van der Waals surface area contributed by atoms with Crippen LogP contribution in [-0.4, -0.2) is 16.7 Å². The first-order chi connectivity index (χ1) is 6.89. The fourth-order valence-corrected chi connectivity index (χ4v) is 1.69. The van der Waals surface area contributed by atoms with Crippen molar-refractivity contribution >= 4 is 16.5 Å². The number of alkyl halides is 3. The standard InChI is InChI=1S/C8H10F3N3S/c1-7(2-3-7)4-12-6-14-13-5(15-6)8(9,10)11/h2-4H2,1H3,(H,12,14). The Balaban J connectivity index is 1.95. The lowest BCUT2D eigenvalue weighted by Gasteiger charge is -2.07. The Kier molecular flexibility index (Phi) is 2.37. The molecule has 0 amide bonds. The first-order valence-electron chi connectivity index (χ1n) is 4.54. The molecule has 15 heavy (non-hydrogen) atoms. The molecule has 1 saturated carbocycles. The molecule has 0 saturated heterocycles. The Morgan fingerprint density at radius 3 is 2.53 bits per heavy atom. The zero-order valence-corrected chi connectivity index (χ0v) is 8.87. The molecule has 1 fully saturated rings. The summed E-state index contributed by atoms with van der Waals surface area (Å²) in [5.41, 5.74) is 0.240. The van der Waals surface area contributed by atoms with Gasteiger partial charge in [-0.1, -0.05) is 18.3 Å². The second kappa shape index (κ2) is 3.33. The van der Waals surface area contributed by atoms with Gasteiger partial charge in [0.25, 0.3) is 0 Å². The van der Waals surface area contributed by atoms with Gasteiger partial charge in [-0.05, 0) is 18.3 Å². The molecule has 84 valence electrons. The van der Waals surface area contributed by atoms with Crippen LogP contribution in [0, 0.1) is 5.41 Å². The van der Waals surface area contributed by atoms with Gasteiger partial charge in [0.15, 0.2) is 0 Å². The maximum absolute atomic E-state index is 12.2. The monoisotopic (exact) mass is 237 g/mol. The Morgan fingerprint density at radius 1 is 1.40 bits per heavy atom. The van der Waals surface area contributed by atoms with E-state index in [0.29, 0.717) is 17.9 Å². The first-order valence-corrected chi connectivity index (χ1v) is 5.35. The number of nitrogens with zero attached hydrogens (tertiary/aromatic N) is 2. The summed E-state index contributed by atoms with van der Waals surface area (Å²) < 4.78 is 36.5. The van der Waals surface area contributed by atoms with E-state index in [1.807, 2.05) is 0 Å². The average Bonchev–Trinajstić information content (AvgIpc) is 2.66. The summed E-state index contributed by atoms with van der Waals surface area (Å²) >= 11 is 0.550. The molecule has 0 bridgehead atoms. The minimum atomic E-state index is -4.39. The van der Waals surface area contributed by atoms with Gasteiger partial charge in [0.2, 0.25) is 10.1 Å². The number of anilines is 1. The maximum Gasteiger partial charge on any atom is 0.445 e. The van der Waals surface area contributed by atoms with Crippen LogP contribution < -0.4 is 5.32 Å². The second-order valence-electron chi connectivity index (χ2n) is 4.07. The van der Waals surface area contributed by atoms with Gasteiger partial charge in [-0.15, -0.1) is 10.2 Å². The van der Waals surface area contributed by atoms with Gasteiger partial charge in [0, 0.05) is 6.54 Å². The SMILES string of the molecule is CC1(CNc2nnc(C(F)(F)F)s2)CC1. The quantitative estimate of drug-likeness (QED) is 0.878. The molecule has 1 heterocycles. The maximum atomic E-state index is 12.2. The third kappa shape index (κ3) is 2.58. The molecule has 0 unspecified atom stereocenters. The third-order valence-electron chi connectivity index (χ3n) is 2.44. The van der Waals surface area contributed by atoms with Crippen LogP contribution in [0.3, 0.4) is 0 Å². The molecular weight excluding hydrogens is 227 g/mol. The van der Waals surface area contributed by atoms with E-state index in [2.05, 4.69) is 22.4 Å². The smallest absolute Gasteiger partial charge is 0.360 e. The highest BCUT2D eigenvalue weighted by Crippen LogP contribution is 2.45. The fraction of sp³-hybridized carbons (Fsp3) is 0.750. The molecule has 1 aromatic rings. The molecule has 1 aliphatic carbocycles. The van der Waals surface area contributed by atoms with Gasteiger partial charge in [0.05, 0.1) is 0 Å². The minimum Gasteiger partial charge on any atom is -0.360 e. The Morgan fingerprint density at radius 2 is 2.07 bits per heavy atom. The molecule has 7 heteroatoms. The number of hydrogen-bond acceptors (Lipinski definition) is 4. The summed E-state index contributed by atoms with van der Waals surface area (Å²) in [6, 6.07) is 0. The van der Waals surface area contributed by atoms with Crippen LogP contribution in [0.25, 0.3) is 0 Å². The normalized spacial score (nSPS) is 18.9. The van der Waals surface area contributed by atoms with Gasteiger partial charge in [-0.3, -0.25) is 0 Å². The van der Waals surface area contributed by atoms with Crippen LogP contribution in [0.1, 0.15) is 24.8 Å². The van der Waals surface area contributed by atoms with E-state index >= 15 is 0 Å². The molecule has 1 aliphatic rings.